The van der Waals surface area contributed by atoms with Crippen LogP contribution in [0.2, 0.25) is 0 Å². The molecule has 3 rings (SSSR count). The Hall–Kier alpha value is -2.41. The van der Waals surface area contributed by atoms with Gasteiger partial charge in [-0.25, -0.2) is 0 Å². The van der Waals surface area contributed by atoms with Gasteiger partial charge in [-0.05, 0) is 18.6 Å². The van der Waals surface area contributed by atoms with E-state index >= 15 is 0 Å². The van der Waals surface area contributed by atoms with Crippen LogP contribution in [0.4, 0.5) is 0 Å². The summed E-state index contributed by atoms with van der Waals surface area (Å²) in [5.41, 5.74) is 2.00. The summed E-state index contributed by atoms with van der Waals surface area (Å²) < 4.78 is 17.0. The molecule has 1 fully saturated rings. The smallest absolute Gasteiger partial charge is 0.249 e. The van der Waals surface area contributed by atoms with Crippen LogP contribution in [-0.4, -0.2) is 56.4 Å². The normalized spacial score (nSPS) is 15.6. The molecule has 0 saturated carbocycles. The molecular weight excluding hydrogens is 368 g/mol. The van der Waals surface area contributed by atoms with Gasteiger partial charge >= 0.3 is 0 Å². The molecule has 6 nitrogen and oxygen atoms in total. The summed E-state index contributed by atoms with van der Waals surface area (Å²) in [5, 5.41) is 2.94. The predicted octanol–water partition coefficient (Wildman–Crippen LogP) is 2.62. The minimum absolute atomic E-state index is 0.135. The number of nitrogens with one attached hydrogen (secondary N) is 1. The molecule has 2 aromatic carbocycles. The molecule has 156 valence electrons. The molecule has 1 amide bonds. The zero-order valence-electron chi connectivity index (χ0n) is 17.0. The van der Waals surface area contributed by atoms with Crippen molar-refractivity contribution in [2.45, 2.75) is 26.2 Å². The number of ether oxygens (including phenoxy) is 3. The van der Waals surface area contributed by atoms with Crippen molar-refractivity contribution in [3.8, 4) is 5.75 Å². The fourth-order valence-corrected chi connectivity index (χ4v) is 3.10. The van der Waals surface area contributed by atoms with Gasteiger partial charge in [0.1, 0.15) is 18.5 Å². The second-order valence-corrected chi connectivity index (χ2v) is 7.07. The summed E-state index contributed by atoms with van der Waals surface area (Å²) in [6.07, 6.45) is -0.524. The standard InChI is InChI=1S/C23H30N2O4/c1-19(29-18-20-7-3-2-4-8-20)23(26)24-17-21-9-5-6-10-22(21)28-16-13-25-11-14-27-15-12-25/h2-10,19H,11-18H2,1H3,(H,24,26). The van der Waals surface area contributed by atoms with Crippen molar-refractivity contribution in [2.24, 2.45) is 0 Å². The van der Waals surface area contributed by atoms with Crippen molar-refractivity contribution in [1.29, 1.82) is 0 Å². The number of rotatable bonds is 10. The topological polar surface area (TPSA) is 60.0 Å². The van der Waals surface area contributed by atoms with Crippen LogP contribution in [0.3, 0.4) is 0 Å². The maximum absolute atomic E-state index is 12.4. The fourth-order valence-electron chi connectivity index (χ4n) is 3.10. The molecule has 0 bridgehead atoms. The first kappa shape index (κ1) is 21.3. The van der Waals surface area contributed by atoms with Gasteiger partial charge in [0.25, 0.3) is 0 Å². The van der Waals surface area contributed by atoms with Crippen LogP contribution in [0.25, 0.3) is 0 Å². The number of para-hydroxylation sites is 1. The van der Waals surface area contributed by atoms with E-state index in [4.69, 9.17) is 14.2 Å². The summed E-state index contributed by atoms with van der Waals surface area (Å²) in [4.78, 5) is 14.7. The van der Waals surface area contributed by atoms with Gasteiger partial charge in [-0.1, -0.05) is 48.5 Å². The summed E-state index contributed by atoms with van der Waals surface area (Å²) in [6, 6.07) is 17.6. The van der Waals surface area contributed by atoms with Gasteiger partial charge in [-0.3, -0.25) is 9.69 Å². The summed E-state index contributed by atoms with van der Waals surface area (Å²) >= 11 is 0. The molecule has 6 heteroatoms. The third-order valence-corrected chi connectivity index (χ3v) is 4.91. The molecule has 29 heavy (non-hydrogen) atoms. The van der Waals surface area contributed by atoms with E-state index in [2.05, 4.69) is 10.2 Å². The molecular formula is C23H30N2O4. The monoisotopic (exact) mass is 398 g/mol. The van der Waals surface area contributed by atoms with Crippen molar-refractivity contribution in [3.63, 3.8) is 0 Å². The van der Waals surface area contributed by atoms with E-state index in [0.717, 1.165) is 49.7 Å². The first-order valence-corrected chi connectivity index (χ1v) is 10.2. The first-order valence-electron chi connectivity index (χ1n) is 10.2. The third-order valence-electron chi connectivity index (χ3n) is 4.91. The molecule has 0 radical (unpaired) electrons. The maximum Gasteiger partial charge on any atom is 0.249 e. The molecule has 1 saturated heterocycles. The summed E-state index contributed by atoms with van der Waals surface area (Å²) in [5.74, 6) is 0.669. The highest BCUT2D eigenvalue weighted by molar-refractivity contribution is 5.80. The average Bonchev–Trinajstić information content (AvgIpc) is 2.78. The Labute approximate surface area is 172 Å². The molecule has 0 aliphatic carbocycles. The second kappa shape index (κ2) is 11.6. The Morgan fingerprint density at radius 2 is 1.83 bits per heavy atom. The van der Waals surface area contributed by atoms with Crippen molar-refractivity contribution >= 4 is 5.91 Å². The number of nitrogens with zero attached hydrogens (tertiary/aromatic N) is 1. The van der Waals surface area contributed by atoms with Crippen molar-refractivity contribution in [1.82, 2.24) is 10.2 Å². The van der Waals surface area contributed by atoms with E-state index in [1.54, 1.807) is 6.92 Å². The van der Waals surface area contributed by atoms with Crippen molar-refractivity contribution in [3.05, 3.63) is 65.7 Å². The van der Waals surface area contributed by atoms with E-state index in [-0.39, 0.29) is 5.91 Å². The average molecular weight is 399 g/mol. The molecule has 1 heterocycles. The lowest BCUT2D eigenvalue weighted by Crippen LogP contribution is -2.38. The fraction of sp³-hybridized carbons (Fsp3) is 0.435. The van der Waals surface area contributed by atoms with Crippen LogP contribution in [0.5, 0.6) is 5.75 Å². The van der Waals surface area contributed by atoms with E-state index in [1.165, 1.54) is 0 Å². The number of carbonyl (C=O) groups excluding carboxylic acids is 1. The molecule has 0 aromatic heterocycles. The first-order chi connectivity index (χ1) is 14.2. The molecule has 1 aliphatic heterocycles. The zero-order valence-corrected chi connectivity index (χ0v) is 17.0. The van der Waals surface area contributed by atoms with Gasteiger partial charge < -0.3 is 19.5 Å². The lowest BCUT2D eigenvalue weighted by atomic mass is 10.2. The minimum atomic E-state index is -0.524. The Morgan fingerprint density at radius 1 is 1.10 bits per heavy atom. The Bertz CT molecular complexity index is 748. The van der Waals surface area contributed by atoms with Crippen LogP contribution in [-0.2, 0) is 27.4 Å². The zero-order chi connectivity index (χ0) is 20.3. The van der Waals surface area contributed by atoms with E-state index in [9.17, 15) is 4.79 Å². The van der Waals surface area contributed by atoms with E-state index < -0.39 is 6.10 Å². The molecule has 2 aromatic rings. The Morgan fingerprint density at radius 3 is 2.62 bits per heavy atom. The number of morpholine rings is 1. The lowest BCUT2D eigenvalue weighted by Gasteiger charge is -2.26. The lowest BCUT2D eigenvalue weighted by molar-refractivity contribution is -0.132. The van der Waals surface area contributed by atoms with Gasteiger partial charge in [0.05, 0.1) is 19.8 Å². The van der Waals surface area contributed by atoms with Gasteiger partial charge in [0.2, 0.25) is 5.91 Å². The SMILES string of the molecule is CC(OCc1ccccc1)C(=O)NCc1ccccc1OCCN1CCOCC1. The summed E-state index contributed by atoms with van der Waals surface area (Å²) in [6.45, 7) is 7.53. The Balaban J connectivity index is 1.42. The van der Waals surface area contributed by atoms with Crippen LogP contribution in [0, 0.1) is 0 Å². The quantitative estimate of drug-likeness (QED) is 0.667. The third kappa shape index (κ3) is 7.16. The van der Waals surface area contributed by atoms with Gasteiger partial charge in [-0.2, -0.15) is 0 Å². The highest BCUT2D eigenvalue weighted by Crippen LogP contribution is 2.18. The molecule has 1 aliphatic rings. The highest BCUT2D eigenvalue weighted by Gasteiger charge is 2.14. The molecule has 1 N–H and O–H groups in total. The number of benzene rings is 2. The highest BCUT2D eigenvalue weighted by atomic mass is 16.5. The number of hydrogen-bond donors (Lipinski definition) is 1. The molecule has 1 atom stereocenters. The predicted molar refractivity (Wildman–Crippen MR) is 112 cm³/mol. The minimum Gasteiger partial charge on any atom is -0.492 e. The number of carbonyl (C=O) groups is 1. The number of hydrogen-bond acceptors (Lipinski definition) is 5. The molecule has 1 unspecified atom stereocenters. The van der Waals surface area contributed by atoms with Crippen LogP contribution in [0.15, 0.2) is 54.6 Å². The summed E-state index contributed by atoms with van der Waals surface area (Å²) in [7, 11) is 0. The molecule has 0 spiro atoms. The van der Waals surface area contributed by atoms with Gasteiger partial charge in [-0.15, -0.1) is 0 Å². The largest absolute Gasteiger partial charge is 0.492 e. The van der Waals surface area contributed by atoms with Crippen LogP contribution >= 0.6 is 0 Å². The van der Waals surface area contributed by atoms with Gasteiger partial charge in [0, 0.05) is 31.7 Å². The van der Waals surface area contributed by atoms with Crippen LogP contribution < -0.4 is 10.1 Å². The Kier molecular flexibility index (Phi) is 8.49. The van der Waals surface area contributed by atoms with Crippen LogP contribution in [0.1, 0.15) is 18.1 Å². The van der Waals surface area contributed by atoms with Crippen molar-refractivity contribution < 1.29 is 19.0 Å². The van der Waals surface area contributed by atoms with Gasteiger partial charge in [0.15, 0.2) is 0 Å². The van der Waals surface area contributed by atoms with E-state index in [1.807, 2.05) is 54.6 Å². The number of amides is 1. The van der Waals surface area contributed by atoms with Crippen molar-refractivity contribution in [2.75, 3.05) is 39.5 Å². The van der Waals surface area contributed by atoms with E-state index in [0.29, 0.717) is 19.8 Å². The second-order valence-electron chi connectivity index (χ2n) is 7.07. The maximum atomic E-state index is 12.4.